The third-order valence-electron chi connectivity index (χ3n) is 4.26. The Labute approximate surface area is 161 Å². The lowest BCUT2D eigenvalue weighted by atomic mass is 10.1. The molecular weight excluding hydrogens is 356 g/mol. The average molecular weight is 374 g/mol. The van der Waals surface area contributed by atoms with Crippen LogP contribution in [0.3, 0.4) is 0 Å². The Morgan fingerprint density at radius 2 is 1.74 bits per heavy atom. The lowest BCUT2D eigenvalue weighted by molar-refractivity contribution is 0.102. The van der Waals surface area contributed by atoms with E-state index in [-0.39, 0.29) is 5.91 Å². The topological polar surface area (TPSA) is 51.2 Å². The van der Waals surface area contributed by atoms with E-state index < -0.39 is 0 Å². The Morgan fingerprint density at radius 3 is 2.52 bits per heavy atom. The molecule has 0 radical (unpaired) electrons. The molecule has 0 aliphatic carbocycles. The van der Waals surface area contributed by atoms with Crippen LogP contribution in [-0.4, -0.2) is 18.0 Å². The van der Waals surface area contributed by atoms with E-state index in [1.165, 1.54) is 4.70 Å². The number of benzene rings is 3. The van der Waals surface area contributed by atoms with Gasteiger partial charge in [0.25, 0.3) is 5.91 Å². The maximum atomic E-state index is 12.5. The summed E-state index contributed by atoms with van der Waals surface area (Å²) < 4.78 is 6.45. The van der Waals surface area contributed by atoms with E-state index in [0.717, 1.165) is 28.2 Å². The third kappa shape index (κ3) is 3.83. The minimum atomic E-state index is -0.189. The van der Waals surface area contributed by atoms with Crippen LogP contribution in [0.2, 0.25) is 0 Å². The van der Waals surface area contributed by atoms with Crippen molar-refractivity contribution in [3.63, 3.8) is 0 Å². The molecule has 0 saturated carbocycles. The molecule has 1 amide bonds. The summed E-state index contributed by atoms with van der Waals surface area (Å²) in [5.74, 6) is 0.369. The fourth-order valence-electron chi connectivity index (χ4n) is 2.91. The normalized spacial score (nSPS) is 10.7. The molecule has 5 heteroatoms. The molecule has 4 rings (SSSR count). The predicted molar refractivity (Wildman–Crippen MR) is 110 cm³/mol. The summed E-state index contributed by atoms with van der Waals surface area (Å²) in [6, 6.07) is 23.2. The highest BCUT2D eigenvalue weighted by molar-refractivity contribution is 7.18. The molecule has 0 bridgehead atoms. The van der Waals surface area contributed by atoms with Crippen LogP contribution in [0.1, 0.15) is 20.9 Å². The van der Waals surface area contributed by atoms with Crippen molar-refractivity contribution in [2.45, 2.75) is 6.42 Å². The molecule has 0 saturated heterocycles. The second-order valence-corrected chi connectivity index (χ2v) is 7.22. The van der Waals surface area contributed by atoms with Crippen LogP contribution in [0, 0.1) is 0 Å². The summed E-state index contributed by atoms with van der Waals surface area (Å²) in [5.41, 5.74) is 3.46. The number of nitrogens with one attached hydrogen (secondary N) is 1. The number of rotatable bonds is 5. The molecule has 0 aliphatic rings. The van der Waals surface area contributed by atoms with Crippen LogP contribution in [0.4, 0.5) is 5.69 Å². The number of hydrogen-bond donors (Lipinski definition) is 1. The fraction of sp³-hybridized carbons (Fsp3) is 0.0909. The van der Waals surface area contributed by atoms with E-state index in [0.29, 0.717) is 11.3 Å². The van der Waals surface area contributed by atoms with Crippen molar-refractivity contribution in [1.82, 2.24) is 4.98 Å². The number of amides is 1. The van der Waals surface area contributed by atoms with Gasteiger partial charge in [0.15, 0.2) is 0 Å². The number of methoxy groups -OCH3 is 1. The van der Waals surface area contributed by atoms with Crippen LogP contribution >= 0.6 is 11.3 Å². The van der Waals surface area contributed by atoms with E-state index >= 15 is 0 Å². The van der Waals surface area contributed by atoms with Gasteiger partial charge in [0, 0.05) is 12.1 Å². The van der Waals surface area contributed by atoms with Gasteiger partial charge < -0.3 is 10.1 Å². The maximum absolute atomic E-state index is 12.5. The van der Waals surface area contributed by atoms with E-state index in [1.54, 1.807) is 30.6 Å². The third-order valence-corrected chi connectivity index (χ3v) is 5.29. The molecule has 0 aliphatic heterocycles. The summed E-state index contributed by atoms with van der Waals surface area (Å²) >= 11 is 1.71. The number of para-hydroxylation sites is 2. The molecule has 3 aromatic carbocycles. The largest absolute Gasteiger partial charge is 0.496 e. The number of hydrogen-bond acceptors (Lipinski definition) is 4. The first kappa shape index (κ1) is 17.2. The van der Waals surface area contributed by atoms with Gasteiger partial charge >= 0.3 is 0 Å². The second kappa shape index (κ2) is 7.60. The highest BCUT2D eigenvalue weighted by Crippen LogP contribution is 2.24. The molecule has 1 N–H and O–H groups in total. The van der Waals surface area contributed by atoms with Gasteiger partial charge in [0.05, 0.1) is 27.9 Å². The highest BCUT2D eigenvalue weighted by atomic mass is 32.1. The zero-order valence-electron chi connectivity index (χ0n) is 14.8. The average Bonchev–Trinajstić information content (AvgIpc) is 3.11. The first-order valence-corrected chi connectivity index (χ1v) is 9.42. The molecule has 4 nitrogen and oxygen atoms in total. The quantitative estimate of drug-likeness (QED) is 0.526. The van der Waals surface area contributed by atoms with Gasteiger partial charge in [-0.1, -0.05) is 36.4 Å². The van der Waals surface area contributed by atoms with Crippen LogP contribution in [0.25, 0.3) is 10.2 Å². The Balaban J connectivity index is 1.46. The van der Waals surface area contributed by atoms with Crippen molar-refractivity contribution in [1.29, 1.82) is 0 Å². The number of fused-ring (bicyclic) bond motifs is 1. The van der Waals surface area contributed by atoms with Gasteiger partial charge in [0.1, 0.15) is 5.75 Å². The van der Waals surface area contributed by atoms with Crippen molar-refractivity contribution < 1.29 is 9.53 Å². The van der Waals surface area contributed by atoms with Crippen molar-refractivity contribution in [3.05, 3.63) is 88.9 Å². The Morgan fingerprint density at radius 1 is 1.00 bits per heavy atom. The summed E-state index contributed by atoms with van der Waals surface area (Å²) in [6.45, 7) is 0. The smallest absolute Gasteiger partial charge is 0.259 e. The van der Waals surface area contributed by atoms with Gasteiger partial charge in [-0.2, -0.15) is 0 Å². The summed E-state index contributed by atoms with van der Waals surface area (Å²) in [6.07, 6.45) is 0.778. The minimum absolute atomic E-state index is 0.189. The molecule has 1 heterocycles. The standard InChI is InChI=1S/C22H18N2O2S/c1-26-19-8-4-2-6-17(19)22(25)23-16-12-10-15(11-13-16)14-21-24-18-7-3-5-9-20(18)27-21/h2-13H,14H2,1H3,(H,23,25). The number of ether oxygens (including phenoxy) is 1. The maximum Gasteiger partial charge on any atom is 0.259 e. The lowest BCUT2D eigenvalue weighted by Gasteiger charge is -2.09. The number of aromatic nitrogens is 1. The number of thiazole rings is 1. The molecule has 4 aromatic rings. The van der Waals surface area contributed by atoms with Crippen molar-refractivity contribution in [2.75, 3.05) is 12.4 Å². The van der Waals surface area contributed by atoms with E-state index in [2.05, 4.69) is 16.4 Å². The Kier molecular flexibility index (Phi) is 4.85. The first-order valence-electron chi connectivity index (χ1n) is 8.61. The van der Waals surface area contributed by atoms with Gasteiger partial charge in [0.2, 0.25) is 0 Å². The van der Waals surface area contributed by atoms with Crippen LogP contribution in [0.15, 0.2) is 72.8 Å². The fourth-order valence-corrected chi connectivity index (χ4v) is 3.91. The van der Waals surface area contributed by atoms with E-state index in [9.17, 15) is 4.79 Å². The van der Waals surface area contributed by atoms with Crippen molar-refractivity contribution >= 4 is 33.1 Å². The van der Waals surface area contributed by atoms with Gasteiger partial charge in [-0.05, 0) is 42.0 Å². The van der Waals surface area contributed by atoms with E-state index in [4.69, 9.17) is 4.74 Å². The zero-order chi connectivity index (χ0) is 18.6. The lowest BCUT2D eigenvalue weighted by Crippen LogP contribution is -2.13. The number of anilines is 1. The molecule has 0 unspecified atom stereocenters. The minimum Gasteiger partial charge on any atom is -0.496 e. The van der Waals surface area contributed by atoms with Crippen LogP contribution < -0.4 is 10.1 Å². The predicted octanol–water partition coefficient (Wildman–Crippen LogP) is 5.15. The molecule has 0 spiro atoms. The molecule has 134 valence electrons. The number of carbonyl (C=O) groups is 1. The zero-order valence-corrected chi connectivity index (χ0v) is 15.6. The van der Waals surface area contributed by atoms with E-state index in [1.807, 2.05) is 54.6 Å². The Hall–Kier alpha value is -3.18. The Bertz CT molecular complexity index is 1050. The number of nitrogens with zero attached hydrogens (tertiary/aromatic N) is 1. The van der Waals surface area contributed by atoms with Gasteiger partial charge in [-0.15, -0.1) is 11.3 Å². The SMILES string of the molecule is COc1ccccc1C(=O)Nc1ccc(Cc2nc3ccccc3s2)cc1. The van der Waals surface area contributed by atoms with Crippen molar-refractivity contribution in [3.8, 4) is 5.75 Å². The second-order valence-electron chi connectivity index (χ2n) is 6.10. The molecule has 27 heavy (non-hydrogen) atoms. The molecular formula is C22H18N2O2S. The van der Waals surface area contributed by atoms with Crippen molar-refractivity contribution in [2.24, 2.45) is 0 Å². The van der Waals surface area contributed by atoms with Gasteiger partial charge in [-0.25, -0.2) is 4.98 Å². The first-order chi connectivity index (χ1) is 13.2. The number of carbonyl (C=O) groups excluding carboxylic acids is 1. The molecule has 0 atom stereocenters. The highest BCUT2D eigenvalue weighted by Gasteiger charge is 2.11. The van der Waals surface area contributed by atoms with Crippen LogP contribution in [0.5, 0.6) is 5.75 Å². The summed E-state index contributed by atoms with van der Waals surface area (Å²) in [5, 5.41) is 4.00. The monoisotopic (exact) mass is 374 g/mol. The molecule has 1 aromatic heterocycles. The van der Waals surface area contributed by atoms with Gasteiger partial charge in [-0.3, -0.25) is 4.79 Å². The van der Waals surface area contributed by atoms with Crippen LogP contribution in [-0.2, 0) is 6.42 Å². The molecule has 0 fully saturated rings. The summed E-state index contributed by atoms with van der Waals surface area (Å²) in [7, 11) is 1.56. The summed E-state index contributed by atoms with van der Waals surface area (Å²) in [4.78, 5) is 17.1.